The fourth-order valence-electron chi connectivity index (χ4n) is 2.37. The lowest BCUT2D eigenvalue weighted by Gasteiger charge is -2.13. The Kier molecular flexibility index (Phi) is 4.50. The van der Waals surface area contributed by atoms with Gasteiger partial charge < -0.3 is 4.74 Å². The van der Waals surface area contributed by atoms with Crippen LogP contribution in [0.4, 0.5) is 14.9 Å². The number of hydrogen-bond donors (Lipinski definition) is 1. The van der Waals surface area contributed by atoms with Crippen molar-refractivity contribution in [3.63, 3.8) is 0 Å². The lowest BCUT2D eigenvalue weighted by atomic mass is 10.2. The second-order valence-corrected chi connectivity index (χ2v) is 7.03. The molecule has 1 aliphatic heterocycles. The highest BCUT2D eigenvalue weighted by Crippen LogP contribution is 2.22. The second kappa shape index (κ2) is 6.58. The van der Waals surface area contributed by atoms with E-state index < -0.39 is 28.0 Å². The van der Waals surface area contributed by atoms with Crippen LogP contribution in [0.1, 0.15) is 0 Å². The molecule has 0 spiro atoms. The SMILES string of the molecule is O=C1OC(CNS(=O)(=O)c2ccccc2)CN1c1cccc(F)c1. The predicted octanol–water partition coefficient (Wildman–Crippen LogP) is 2.13. The van der Waals surface area contributed by atoms with E-state index in [2.05, 4.69) is 4.72 Å². The van der Waals surface area contributed by atoms with Gasteiger partial charge in [-0.15, -0.1) is 0 Å². The number of cyclic esters (lactones) is 1. The van der Waals surface area contributed by atoms with Gasteiger partial charge in [0.05, 0.1) is 17.1 Å². The van der Waals surface area contributed by atoms with Crippen LogP contribution in [0.2, 0.25) is 0 Å². The van der Waals surface area contributed by atoms with E-state index in [1.54, 1.807) is 24.3 Å². The summed E-state index contributed by atoms with van der Waals surface area (Å²) in [4.78, 5) is 13.3. The average Bonchev–Trinajstić information content (AvgIpc) is 2.95. The number of amides is 1. The molecule has 0 bridgehead atoms. The molecule has 1 N–H and O–H groups in total. The monoisotopic (exact) mass is 350 g/mol. The Hall–Kier alpha value is -2.45. The van der Waals surface area contributed by atoms with Crippen LogP contribution in [0.5, 0.6) is 0 Å². The zero-order valence-electron chi connectivity index (χ0n) is 12.6. The molecule has 2 aromatic rings. The van der Waals surface area contributed by atoms with Gasteiger partial charge in [0.25, 0.3) is 0 Å². The van der Waals surface area contributed by atoms with Gasteiger partial charge in [-0.05, 0) is 30.3 Å². The van der Waals surface area contributed by atoms with Crippen LogP contribution in [0.25, 0.3) is 0 Å². The summed E-state index contributed by atoms with van der Waals surface area (Å²) >= 11 is 0. The molecule has 0 saturated carbocycles. The standard InChI is InChI=1S/C16H15FN2O4S/c17-12-5-4-6-13(9-12)19-11-14(23-16(19)20)10-18-24(21,22)15-7-2-1-3-8-15/h1-9,14,18H,10-11H2. The van der Waals surface area contributed by atoms with Crippen molar-refractivity contribution in [1.29, 1.82) is 0 Å². The largest absolute Gasteiger partial charge is 0.443 e. The molecular formula is C16H15FN2O4S. The first-order chi connectivity index (χ1) is 11.5. The Bertz CT molecular complexity index is 842. The quantitative estimate of drug-likeness (QED) is 0.896. The van der Waals surface area contributed by atoms with E-state index in [0.717, 1.165) is 0 Å². The smallest absolute Gasteiger partial charge is 0.414 e. The first-order valence-electron chi connectivity index (χ1n) is 7.24. The number of sulfonamides is 1. The van der Waals surface area contributed by atoms with Gasteiger partial charge in [-0.1, -0.05) is 24.3 Å². The molecule has 1 unspecified atom stereocenters. The van der Waals surface area contributed by atoms with Crippen molar-refractivity contribution in [3.05, 3.63) is 60.4 Å². The third-order valence-electron chi connectivity index (χ3n) is 3.55. The zero-order valence-corrected chi connectivity index (χ0v) is 13.4. The fraction of sp³-hybridized carbons (Fsp3) is 0.188. The molecule has 2 aromatic carbocycles. The van der Waals surface area contributed by atoms with Crippen molar-refractivity contribution in [3.8, 4) is 0 Å². The molecular weight excluding hydrogens is 335 g/mol. The predicted molar refractivity (Wildman–Crippen MR) is 85.6 cm³/mol. The summed E-state index contributed by atoms with van der Waals surface area (Å²) in [6.45, 7) is 0.0778. The highest BCUT2D eigenvalue weighted by atomic mass is 32.2. The number of hydrogen-bond acceptors (Lipinski definition) is 4. The van der Waals surface area contributed by atoms with Crippen molar-refractivity contribution in [2.24, 2.45) is 0 Å². The second-order valence-electron chi connectivity index (χ2n) is 5.26. The summed E-state index contributed by atoms with van der Waals surface area (Å²) < 4.78 is 45.1. The number of carbonyl (C=O) groups excluding carboxylic acids is 1. The summed E-state index contributed by atoms with van der Waals surface area (Å²) in [6.07, 6.45) is -1.29. The third kappa shape index (κ3) is 3.55. The molecule has 0 aromatic heterocycles. The van der Waals surface area contributed by atoms with Crippen LogP contribution in [0.15, 0.2) is 59.5 Å². The molecule has 1 aliphatic rings. The number of nitrogens with one attached hydrogen (secondary N) is 1. The van der Waals surface area contributed by atoms with Crippen LogP contribution in [-0.2, 0) is 14.8 Å². The van der Waals surface area contributed by atoms with Gasteiger partial charge in [0.15, 0.2) is 0 Å². The number of benzene rings is 2. The molecule has 3 rings (SSSR count). The minimum Gasteiger partial charge on any atom is -0.443 e. The van der Waals surface area contributed by atoms with E-state index in [-0.39, 0.29) is 18.0 Å². The van der Waals surface area contributed by atoms with Crippen LogP contribution < -0.4 is 9.62 Å². The Morgan fingerprint density at radius 2 is 1.92 bits per heavy atom. The molecule has 1 saturated heterocycles. The minimum absolute atomic E-state index is 0.0607. The van der Waals surface area contributed by atoms with Gasteiger partial charge >= 0.3 is 6.09 Å². The molecule has 0 radical (unpaired) electrons. The van der Waals surface area contributed by atoms with E-state index in [9.17, 15) is 17.6 Å². The maximum Gasteiger partial charge on any atom is 0.414 e. The van der Waals surface area contributed by atoms with Gasteiger partial charge in [0.1, 0.15) is 11.9 Å². The number of halogens is 1. The number of nitrogens with zero attached hydrogens (tertiary/aromatic N) is 1. The molecule has 1 fully saturated rings. The third-order valence-corrected chi connectivity index (χ3v) is 4.99. The fourth-order valence-corrected chi connectivity index (χ4v) is 3.46. The lowest BCUT2D eigenvalue weighted by Crippen LogP contribution is -2.34. The van der Waals surface area contributed by atoms with Crippen LogP contribution in [0.3, 0.4) is 0 Å². The minimum atomic E-state index is -3.67. The maximum atomic E-state index is 13.3. The Morgan fingerprint density at radius 1 is 1.17 bits per heavy atom. The Balaban J connectivity index is 1.65. The molecule has 6 nitrogen and oxygen atoms in total. The zero-order chi connectivity index (χ0) is 17.2. The van der Waals surface area contributed by atoms with Gasteiger partial charge in [-0.25, -0.2) is 22.3 Å². The molecule has 0 aliphatic carbocycles. The van der Waals surface area contributed by atoms with Crippen molar-refractivity contribution >= 4 is 21.8 Å². The van der Waals surface area contributed by atoms with Crippen molar-refractivity contribution < 1.29 is 22.3 Å². The summed E-state index contributed by atoms with van der Waals surface area (Å²) in [7, 11) is -3.67. The first-order valence-corrected chi connectivity index (χ1v) is 8.72. The normalized spacial score (nSPS) is 17.8. The van der Waals surface area contributed by atoms with Gasteiger partial charge in [-0.2, -0.15) is 0 Å². The number of ether oxygens (including phenoxy) is 1. The van der Waals surface area contributed by atoms with Crippen molar-refractivity contribution in [1.82, 2.24) is 4.72 Å². The Morgan fingerprint density at radius 3 is 2.62 bits per heavy atom. The van der Waals surface area contributed by atoms with E-state index in [0.29, 0.717) is 5.69 Å². The molecule has 126 valence electrons. The highest BCUT2D eigenvalue weighted by Gasteiger charge is 2.33. The van der Waals surface area contributed by atoms with E-state index in [1.165, 1.54) is 35.2 Å². The Labute approximate surface area is 138 Å². The van der Waals surface area contributed by atoms with E-state index >= 15 is 0 Å². The van der Waals surface area contributed by atoms with Crippen LogP contribution >= 0.6 is 0 Å². The van der Waals surface area contributed by atoms with Gasteiger partial charge in [-0.3, -0.25) is 4.90 Å². The number of anilines is 1. The van der Waals surface area contributed by atoms with E-state index in [4.69, 9.17) is 4.74 Å². The van der Waals surface area contributed by atoms with E-state index in [1.807, 2.05) is 0 Å². The number of rotatable bonds is 5. The number of carbonyl (C=O) groups is 1. The summed E-state index contributed by atoms with van der Waals surface area (Å²) in [6, 6.07) is 13.5. The van der Waals surface area contributed by atoms with Crippen molar-refractivity contribution in [2.45, 2.75) is 11.0 Å². The van der Waals surface area contributed by atoms with Crippen LogP contribution in [0, 0.1) is 5.82 Å². The average molecular weight is 350 g/mol. The highest BCUT2D eigenvalue weighted by molar-refractivity contribution is 7.89. The van der Waals surface area contributed by atoms with Gasteiger partial charge in [0.2, 0.25) is 10.0 Å². The molecule has 1 atom stereocenters. The molecule has 1 heterocycles. The van der Waals surface area contributed by atoms with Crippen molar-refractivity contribution in [2.75, 3.05) is 18.0 Å². The molecule has 1 amide bonds. The van der Waals surface area contributed by atoms with Crippen LogP contribution in [-0.4, -0.2) is 33.7 Å². The summed E-state index contributed by atoms with van der Waals surface area (Å²) in [5, 5.41) is 0. The van der Waals surface area contributed by atoms with Gasteiger partial charge in [0, 0.05) is 6.54 Å². The summed E-state index contributed by atoms with van der Waals surface area (Å²) in [5.41, 5.74) is 0.369. The maximum absolute atomic E-state index is 13.3. The summed E-state index contributed by atoms with van der Waals surface area (Å²) in [5.74, 6) is -0.464. The lowest BCUT2D eigenvalue weighted by molar-refractivity contribution is 0.143. The molecule has 8 heteroatoms. The first kappa shape index (κ1) is 16.4. The molecule has 24 heavy (non-hydrogen) atoms. The topological polar surface area (TPSA) is 75.7 Å².